The number of hydrogen-bond donors (Lipinski definition) is 2. The maximum Gasteiger partial charge on any atom is 0.277 e. The van der Waals surface area contributed by atoms with E-state index in [0.717, 1.165) is 21.8 Å². The molecule has 0 aliphatic heterocycles. The van der Waals surface area contributed by atoms with Gasteiger partial charge in [-0.25, -0.2) is 4.68 Å². The fourth-order valence-electron chi connectivity index (χ4n) is 3.35. The number of nitrogens with one attached hydrogen (secondary N) is 2. The van der Waals surface area contributed by atoms with Gasteiger partial charge in [-0.3, -0.25) is 14.7 Å². The third kappa shape index (κ3) is 1.96. The lowest BCUT2D eigenvalue weighted by molar-refractivity contribution is 0.802. The van der Waals surface area contributed by atoms with E-state index in [1.807, 2.05) is 42.5 Å². The molecule has 5 heteroatoms. The number of nitrogens with zero attached hydrogens (tertiary/aromatic N) is 1. The smallest absolute Gasteiger partial charge is 0.277 e. The highest BCUT2D eigenvalue weighted by Crippen LogP contribution is 2.27. The molecular weight excluding hydrogens is 314 g/mol. The second-order valence-electron chi connectivity index (χ2n) is 6.03. The van der Waals surface area contributed by atoms with Gasteiger partial charge in [-0.1, -0.05) is 36.4 Å². The Hall–Kier alpha value is -3.60. The van der Waals surface area contributed by atoms with Gasteiger partial charge in [0.1, 0.15) is 0 Å². The monoisotopic (exact) mass is 327 g/mol. The lowest BCUT2D eigenvalue weighted by Crippen LogP contribution is -2.28. The van der Waals surface area contributed by atoms with Crippen molar-refractivity contribution in [3.63, 3.8) is 0 Å². The molecule has 0 spiro atoms. The first-order valence-corrected chi connectivity index (χ1v) is 7.97. The first-order chi connectivity index (χ1) is 12.2. The van der Waals surface area contributed by atoms with Crippen molar-refractivity contribution >= 4 is 32.6 Å². The molecule has 2 heterocycles. The van der Waals surface area contributed by atoms with E-state index in [-0.39, 0.29) is 11.1 Å². The van der Waals surface area contributed by atoms with E-state index in [0.29, 0.717) is 16.5 Å². The fourth-order valence-corrected chi connectivity index (χ4v) is 3.35. The first-order valence-electron chi connectivity index (χ1n) is 7.97. The number of H-pyrrole nitrogens is 2. The topological polar surface area (TPSA) is 70.7 Å². The number of aromatic nitrogens is 3. The van der Waals surface area contributed by atoms with E-state index in [1.165, 1.54) is 4.68 Å². The van der Waals surface area contributed by atoms with Crippen molar-refractivity contribution in [2.45, 2.75) is 0 Å². The number of rotatable bonds is 1. The van der Waals surface area contributed by atoms with Crippen LogP contribution in [0, 0.1) is 0 Å². The molecule has 0 aliphatic rings. The van der Waals surface area contributed by atoms with Gasteiger partial charge >= 0.3 is 0 Å². The van der Waals surface area contributed by atoms with Crippen LogP contribution in [0.25, 0.3) is 38.3 Å². The van der Waals surface area contributed by atoms with Crippen LogP contribution in [-0.2, 0) is 0 Å². The molecule has 25 heavy (non-hydrogen) atoms. The van der Waals surface area contributed by atoms with Crippen molar-refractivity contribution in [3.8, 4) is 5.69 Å². The molecule has 0 amide bonds. The summed E-state index contributed by atoms with van der Waals surface area (Å²) in [5.41, 5.74) is 1.92. The van der Waals surface area contributed by atoms with Crippen LogP contribution in [0.2, 0.25) is 0 Å². The van der Waals surface area contributed by atoms with Gasteiger partial charge in [0.2, 0.25) is 0 Å². The highest BCUT2D eigenvalue weighted by molar-refractivity contribution is 6.11. The average Bonchev–Trinajstić information content (AvgIpc) is 3.02. The molecule has 0 unspecified atom stereocenters. The van der Waals surface area contributed by atoms with Crippen LogP contribution in [-0.4, -0.2) is 14.8 Å². The number of fused-ring (bicyclic) bond motifs is 4. The Balaban J connectivity index is 1.95. The minimum atomic E-state index is -0.293. The van der Waals surface area contributed by atoms with Crippen molar-refractivity contribution < 1.29 is 0 Å². The van der Waals surface area contributed by atoms with Gasteiger partial charge in [0, 0.05) is 21.8 Å². The largest absolute Gasteiger partial charge is 0.354 e. The second kappa shape index (κ2) is 4.95. The van der Waals surface area contributed by atoms with Gasteiger partial charge in [0.05, 0.1) is 16.5 Å². The van der Waals surface area contributed by atoms with E-state index in [1.54, 1.807) is 24.3 Å². The summed E-state index contributed by atoms with van der Waals surface area (Å²) in [6.07, 6.45) is 0. The lowest BCUT2D eigenvalue weighted by atomic mass is 10.1. The predicted octanol–water partition coefficient (Wildman–Crippen LogP) is 3.31. The Morgan fingerprint density at radius 3 is 2.28 bits per heavy atom. The standard InChI is InChI=1S/C20H13N3O2/c24-19-15-11-18-14(13-8-4-5-9-17(13)21-18)10-16(15)20(25)23(22-19)12-6-2-1-3-7-12/h1-11,21H,(H,22,24). The molecule has 0 atom stereocenters. The van der Waals surface area contributed by atoms with E-state index < -0.39 is 0 Å². The van der Waals surface area contributed by atoms with E-state index >= 15 is 0 Å². The third-order valence-corrected chi connectivity index (χ3v) is 4.55. The highest BCUT2D eigenvalue weighted by atomic mass is 16.2. The maximum atomic E-state index is 13.0. The highest BCUT2D eigenvalue weighted by Gasteiger charge is 2.12. The molecule has 0 radical (unpaired) electrons. The van der Waals surface area contributed by atoms with Crippen LogP contribution in [0.3, 0.4) is 0 Å². The van der Waals surface area contributed by atoms with Gasteiger partial charge in [0.15, 0.2) is 0 Å². The molecule has 3 aromatic carbocycles. The Labute approximate surface area is 141 Å². The van der Waals surface area contributed by atoms with E-state index in [9.17, 15) is 9.59 Å². The van der Waals surface area contributed by atoms with Crippen molar-refractivity contribution in [1.82, 2.24) is 14.8 Å². The molecular formula is C20H13N3O2. The van der Waals surface area contributed by atoms with Gasteiger partial charge in [0.25, 0.3) is 11.1 Å². The van der Waals surface area contributed by atoms with Gasteiger partial charge in [-0.15, -0.1) is 0 Å². The van der Waals surface area contributed by atoms with Crippen molar-refractivity contribution in [1.29, 1.82) is 0 Å². The van der Waals surface area contributed by atoms with E-state index in [4.69, 9.17) is 0 Å². The normalized spacial score (nSPS) is 11.5. The van der Waals surface area contributed by atoms with Crippen LogP contribution in [0.4, 0.5) is 0 Å². The summed E-state index contributed by atoms with van der Waals surface area (Å²) in [6.45, 7) is 0. The van der Waals surface area contributed by atoms with Crippen LogP contribution in [0.15, 0.2) is 76.3 Å². The van der Waals surface area contributed by atoms with Gasteiger partial charge < -0.3 is 4.98 Å². The zero-order chi connectivity index (χ0) is 17.0. The molecule has 5 nitrogen and oxygen atoms in total. The summed E-state index contributed by atoms with van der Waals surface area (Å²) in [6, 6.07) is 20.5. The van der Waals surface area contributed by atoms with Gasteiger partial charge in [-0.05, 0) is 30.3 Å². The second-order valence-corrected chi connectivity index (χ2v) is 6.03. The molecule has 0 saturated carbocycles. The first kappa shape index (κ1) is 13.8. The summed E-state index contributed by atoms with van der Waals surface area (Å²) in [4.78, 5) is 28.8. The molecule has 0 saturated heterocycles. The van der Waals surface area contributed by atoms with Crippen molar-refractivity contribution in [2.24, 2.45) is 0 Å². The predicted molar refractivity (Wildman–Crippen MR) is 99.5 cm³/mol. The Morgan fingerprint density at radius 2 is 1.44 bits per heavy atom. The molecule has 5 aromatic rings. The quantitative estimate of drug-likeness (QED) is 0.496. The summed E-state index contributed by atoms with van der Waals surface area (Å²) in [7, 11) is 0. The Kier molecular flexibility index (Phi) is 2.73. The molecule has 2 N–H and O–H groups in total. The third-order valence-electron chi connectivity index (χ3n) is 4.55. The minimum absolute atomic E-state index is 0.243. The average molecular weight is 327 g/mol. The number of para-hydroxylation sites is 2. The van der Waals surface area contributed by atoms with Crippen LogP contribution in [0.1, 0.15) is 0 Å². The molecule has 120 valence electrons. The summed E-state index contributed by atoms with van der Waals surface area (Å²) >= 11 is 0. The molecule has 2 aromatic heterocycles. The summed E-state index contributed by atoms with van der Waals surface area (Å²) in [5, 5.41) is 5.43. The zero-order valence-electron chi connectivity index (χ0n) is 13.1. The fraction of sp³-hybridized carbons (Fsp3) is 0. The van der Waals surface area contributed by atoms with Crippen molar-refractivity contribution in [2.75, 3.05) is 0 Å². The zero-order valence-corrected chi connectivity index (χ0v) is 13.1. The SMILES string of the molecule is O=c1[nH]n(-c2ccccc2)c(=O)c2cc3c(cc12)[nH]c1ccccc13. The number of aromatic amines is 2. The van der Waals surface area contributed by atoms with Gasteiger partial charge in [-0.2, -0.15) is 0 Å². The summed E-state index contributed by atoms with van der Waals surface area (Å²) in [5.74, 6) is 0. The Morgan fingerprint density at radius 1 is 0.680 bits per heavy atom. The summed E-state index contributed by atoms with van der Waals surface area (Å²) < 4.78 is 1.30. The molecule has 5 rings (SSSR count). The Bertz CT molecular complexity index is 1380. The molecule has 0 fully saturated rings. The van der Waals surface area contributed by atoms with Crippen LogP contribution in [0.5, 0.6) is 0 Å². The van der Waals surface area contributed by atoms with Crippen molar-refractivity contribution in [3.05, 3.63) is 87.4 Å². The molecule has 0 bridgehead atoms. The molecule has 0 aliphatic carbocycles. The maximum absolute atomic E-state index is 13.0. The van der Waals surface area contributed by atoms with Crippen LogP contribution >= 0.6 is 0 Å². The number of hydrogen-bond acceptors (Lipinski definition) is 2. The lowest BCUT2D eigenvalue weighted by Gasteiger charge is -2.07. The van der Waals surface area contributed by atoms with E-state index in [2.05, 4.69) is 10.1 Å². The van der Waals surface area contributed by atoms with Crippen LogP contribution < -0.4 is 11.1 Å². The minimum Gasteiger partial charge on any atom is -0.354 e. The number of benzene rings is 3.